The lowest BCUT2D eigenvalue weighted by molar-refractivity contribution is 0.372. The fourth-order valence-electron chi connectivity index (χ4n) is 1.18. The molecule has 0 unspecified atom stereocenters. The Morgan fingerprint density at radius 3 is 2.54 bits per heavy atom. The van der Waals surface area contributed by atoms with Crippen LogP contribution in [0.2, 0.25) is 0 Å². The third-order valence-corrected chi connectivity index (χ3v) is 1.79. The normalized spacial score (nSPS) is 9.85. The van der Waals surface area contributed by atoms with Crippen molar-refractivity contribution in [2.24, 2.45) is 5.73 Å². The molecule has 0 saturated heterocycles. The van der Waals surface area contributed by atoms with E-state index in [0.717, 1.165) is 17.0 Å². The van der Waals surface area contributed by atoms with Gasteiger partial charge in [-0.25, -0.2) is 4.98 Å². The van der Waals surface area contributed by atoms with Crippen molar-refractivity contribution >= 4 is 0 Å². The van der Waals surface area contributed by atoms with Crippen LogP contribution in [0.1, 0.15) is 11.3 Å². The van der Waals surface area contributed by atoms with E-state index >= 15 is 0 Å². The first-order chi connectivity index (χ1) is 6.22. The Kier molecular flexibility index (Phi) is 3.08. The highest BCUT2D eigenvalue weighted by molar-refractivity contribution is 5.41. The molecule has 0 spiro atoms. The summed E-state index contributed by atoms with van der Waals surface area (Å²) in [5.74, 6) is 1.27. The summed E-state index contributed by atoms with van der Waals surface area (Å²) in [6, 6.07) is 1.84. The fraction of sp³-hybridized carbons (Fsp3) is 0.444. The van der Waals surface area contributed by atoms with Gasteiger partial charge in [-0.15, -0.1) is 0 Å². The minimum Gasteiger partial charge on any atom is -0.496 e. The Balaban J connectivity index is 3.25. The maximum absolute atomic E-state index is 5.55. The molecule has 4 heteroatoms. The highest BCUT2D eigenvalue weighted by Gasteiger charge is 2.10. The molecule has 0 amide bonds. The fourth-order valence-corrected chi connectivity index (χ4v) is 1.18. The Morgan fingerprint density at radius 2 is 2.08 bits per heavy atom. The highest BCUT2D eigenvalue weighted by Crippen LogP contribution is 2.26. The molecule has 2 N–H and O–H groups in total. The molecule has 0 aromatic carbocycles. The first-order valence-electron chi connectivity index (χ1n) is 4.01. The summed E-state index contributed by atoms with van der Waals surface area (Å²) < 4.78 is 10.2. The number of hydrogen-bond acceptors (Lipinski definition) is 4. The van der Waals surface area contributed by atoms with Crippen LogP contribution in [-0.4, -0.2) is 19.2 Å². The topological polar surface area (TPSA) is 57.4 Å². The number of methoxy groups -OCH3 is 2. The van der Waals surface area contributed by atoms with Crippen LogP contribution in [0, 0.1) is 6.92 Å². The van der Waals surface area contributed by atoms with Gasteiger partial charge in [-0.05, 0) is 6.92 Å². The van der Waals surface area contributed by atoms with Crippen molar-refractivity contribution < 1.29 is 9.47 Å². The number of ether oxygens (including phenoxy) is 2. The molecule has 13 heavy (non-hydrogen) atoms. The summed E-state index contributed by atoms with van der Waals surface area (Å²) in [6.07, 6.45) is 0. The summed E-state index contributed by atoms with van der Waals surface area (Å²) >= 11 is 0. The van der Waals surface area contributed by atoms with Gasteiger partial charge in [0.15, 0.2) is 0 Å². The second-order valence-corrected chi connectivity index (χ2v) is 2.66. The van der Waals surface area contributed by atoms with Gasteiger partial charge in [0.05, 0.1) is 19.8 Å². The summed E-state index contributed by atoms with van der Waals surface area (Å²) in [7, 11) is 3.17. The van der Waals surface area contributed by atoms with E-state index in [-0.39, 0.29) is 0 Å². The molecule has 0 aliphatic rings. The molecule has 0 bridgehead atoms. The van der Waals surface area contributed by atoms with E-state index in [1.165, 1.54) is 0 Å². The zero-order chi connectivity index (χ0) is 9.84. The van der Waals surface area contributed by atoms with E-state index < -0.39 is 0 Å². The lowest BCUT2D eigenvalue weighted by Crippen LogP contribution is -2.05. The largest absolute Gasteiger partial charge is 0.496 e. The van der Waals surface area contributed by atoms with Crippen molar-refractivity contribution in [3.63, 3.8) is 0 Å². The highest BCUT2D eigenvalue weighted by atomic mass is 16.5. The number of nitrogens with two attached hydrogens (primary N) is 1. The van der Waals surface area contributed by atoms with Crippen LogP contribution < -0.4 is 15.2 Å². The average Bonchev–Trinajstić information content (AvgIpc) is 2.16. The molecule has 0 radical (unpaired) electrons. The molecular weight excluding hydrogens is 168 g/mol. The van der Waals surface area contributed by atoms with Crippen molar-refractivity contribution in [2.45, 2.75) is 13.5 Å². The van der Waals surface area contributed by atoms with Gasteiger partial charge in [-0.3, -0.25) is 0 Å². The van der Waals surface area contributed by atoms with Crippen LogP contribution in [-0.2, 0) is 6.54 Å². The minimum absolute atomic E-state index is 0.361. The smallest absolute Gasteiger partial charge is 0.221 e. The van der Waals surface area contributed by atoms with Crippen molar-refractivity contribution in [3.05, 3.63) is 17.3 Å². The second kappa shape index (κ2) is 4.09. The van der Waals surface area contributed by atoms with E-state index in [0.29, 0.717) is 12.4 Å². The Bertz CT molecular complexity index is 275. The van der Waals surface area contributed by atoms with Gasteiger partial charge >= 0.3 is 0 Å². The quantitative estimate of drug-likeness (QED) is 0.753. The summed E-state index contributed by atoms with van der Waals surface area (Å²) in [5.41, 5.74) is 7.21. The maximum Gasteiger partial charge on any atom is 0.221 e. The SMILES string of the molecule is COc1cc(C)nc(OC)c1CN. The number of hydrogen-bond donors (Lipinski definition) is 1. The molecule has 0 aliphatic heterocycles. The lowest BCUT2D eigenvalue weighted by atomic mass is 10.2. The summed E-state index contributed by atoms with van der Waals surface area (Å²) in [6.45, 7) is 2.24. The number of nitrogens with zero attached hydrogens (tertiary/aromatic N) is 1. The summed E-state index contributed by atoms with van der Waals surface area (Å²) in [5, 5.41) is 0. The van der Waals surface area contributed by atoms with Gasteiger partial charge < -0.3 is 15.2 Å². The van der Waals surface area contributed by atoms with E-state index in [1.54, 1.807) is 14.2 Å². The van der Waals surface area contributed by atoms with Gasteiger partial charge in [-0.2, -0.15) is 0 Å². The van der Waals surface area contributed by atoms with Crippen molar-refractivity contribution in [2.75, 3.05) is 14.2 Å². The van der Waals surface area contributed by atoms with Crippen molar-refractivity contribution in [1.82, 2.24) is 4.98 Å². The number of rotatable bonds is 3. The third-order valence-electron chi connectivity index (χ3n) is 1.79. The molecule has 0 fully saturated rings. The van der Waals surface area contributed by atoms with Gasteiger partial charge in [0, 0.05) is 18.3 Å². The van der Waals surface area contributed by atoms with Gasteiger partial charge in [-0.1, -0.05) is 0 Å². The van der Waals surface area contributed by atoms with E-state index in [9.17, 15) is 0 Å². The molecule has 4 nitrogen and oxygen atoms in total. The van der Waals surface area contributed by atoms with Crippen molar-refractivity contribution in [3.8, 4) is 11.6 Å². The molecule has 1 rings (SSSR count). The number of aromatic nitrogens is 1. The van der Waals surface area contributed by atoms with Gasteiger partial charge in [0.25, 0.3) is 0 Å². The molecule has 0 atom stereocenters. The minimum atomic E-state index is 0.361. The molecule has 1 aromatic heterocycles. The van der Waals surface area contributed by atoms with Crippen LogP contribution in [0.3, 0.4) is 0 Å². The van der Waals surface area contributed by atoms with Crippen LogP contribution in [0.5, 0.6) is 11.6 Å². The Morgan fingerprint density at radius 1 is 1.38 bits per heavy atom. The first-order valence-corrected chi connectivity index (χ1v) is 4.01. The molecule has 1 heterocycles. The van der Waals surface area contributed by atoms with E-state index in [2.05, 4.69) is 4.98 Å². The van der Waals surface area contributed by atoms with Crippen LogP contribution in [0.4, 0.5) is 0 Å². The van der Waals surface area contributed by atoms with Crippen LogP contribution in [0.25, 0.3) is 0 Å². The predicted octanol–water partition coefficient (Wildman–Crippen LogP) is 0.866. The molecule has 1 aromatic rings. The van der Waals surface area contributed by atoms with Crippen LogP contribution in [0.15, 0.2) is 6.07 Å². The first kappa shape index (κ1) is 9.80. The second-order valence-electron chi connectivity index (χ2n) is 2.66. The monoisotopic (exact) mass is 182 g/mol. The standard InChI is InChI=1S/C9H14N2O2/c1-6-4-8(12-2)7(5-10)9(11-6)13-3/h4H,5,10H2,1-3H3. The molecular formula is C9H14N2O2. The van der Waals surface area contributed by atoms with Crippen molar-refractivity contribution in [1.29, 1.82) is 0 Å². The molecule has 72 valence electrons. The van der Waals surface area contributed by atoms with Gasteiger partial charge in [0.1, 0.15) is 5.75 Å². The zero-order valence-electron chi connectivity index (χ0n) is 8.13. The number of pyridine rings is 1. The predicted molar refractivity (Wildman–Crippen MR) is 50.0 cm³/mol. The molecule has 0 saturated carbocycles. The molecule has 0 aliphatic carbocycles. The summed E-state index contributed by atoms with van der Waals surface area (Å²) in [4.78, 5) is 4.19. The lowest BCUT2D eigenvalue weighted by Gasteiger charge is -2.11. The van der Waals surface area contributed by atoms with E-state index in [4.69, 9.17) is 15.2 Å². The van der Waals surface area contributed by atoms with Gasteiger partial charge in [0.2, 0.25) is 5.88 Å². The van der Waals surface area contributed by atoms with E-state index in [1.807, 2.05) is 13.0 Å². The maximum atomic E-state index is 5.55. The Hall–Kier alpha value is -1.29. The third kappa shape index (κ3) is 1.89. The number of aryl methyl sites for hydroxylation is 1. The Labute approximate surface area is 77.7 Å². The van der Waals surface area contributed by atoms with Crippen LogP contribution >= 0.6 is 0 Å². The zero-order valence-corrected chi connectivity index (χ0v) is 8.13. The average molecular weight is 182 g/mol.